The predicted octanol–water partition coefficient (Wildman–Crippen LogP) is 0.613. The molecule has 2 aromatic heterocycles. The van der Waals surface area contributed by atoms with E-state index in [0.717, 1.165) is 44.0 Å². The van der Waals surface area contributed by atoms with Crippen LogP contribution in [-0.4, -0.2) is 36.9 Å². The van der Waals surface area contributed by atoms with Gasteiger partial charge < -0.3 is 5.32 Å². The summed E-state index contributed by atoms with van der Waals surface area (Å²) in [6.45, 7) is 8.23. The zero-order chi connectivity index (χ0) is 13.5. The fourth-order valence-electron chi connectivity index (χ4n) is 1.84. The van der Waals surface area contributed by atoms with Crippen LogP contribution in [0.5, 0.6) is 0 Å². The van der Waals surface area contributed by atoms with Gasteiger partial charge in [-0.15, -0.1) is 16.8 Å². The van der Waals surface area contributed by atoms with Gasteiger partial charge in [0.2, 0.25) is 0 Å². The van der Waals surface area contributed by atoms with Crippen LogP contribution in [0.25, 0.3) is 0 Å². The summed E-state index contributed by atoms with van der Waals surface area (Å²) in [6.07, 6.45) is 5.72. The fraction of sp³-hybridized carbons (Fsp3) is 0.500. The molecule has 2 N–H and O–H groups in total. The Morgan fingerprint density at radius 1 is 1.53 bits per heavy atom. The second-order valence-electron chi connectivity index (χ2n) is 4.36. The Morgan fingerprint density at radius 2 is 2.42 bits per heavy atom. The minimum absolute atomic E-state index is 0.749. The zero-order valence-electron chi connectivity index (χ0n) is 11.1. The van der Waals surface area contributed by atoms with Gasteiger partial charge in [-0.3, -0.25) is 4.68 Å². The molecule has 0 aliphatic heterocycles. The molecule has 0 unspecified atom stereocenters. The molecule has 2 aromatic rings. The first-order valence-corrected chi connectivity index (χ1v) is 6.36. The first-order chi connectivity index (χ1) is 9.29. The number of hydrogen-bond acceptors (Lipinski definition) is 5. The van der Waals surface area contributed by atoms with Gasteiger partial charge in [0.25, 0.3) is 0 Å². The average Bonchev–Trinajstić information content (AvgIpc) is 3.00. The summed E-state index contributed by atoms with van der Waals surface area (Å²) >= 11 is 0. The van der Waals surface area contributed by atoms with Gasteiger partial charge in [0.15, 0.2) is 5.82 Å². The van der Waals surface area contributed by atoms with Gasteiger partial charge in [0.05, 0.1) is 12.2 Å². The number of tetrazole rings is 1. The minimum atomic E-state index is 0.749. The molecule has 0 aromatic carbocycles. The van der Waals surface area contributed by atoms with Gasteiger partial charge in [-0.1, -0.05) is 11.3 Å². The molecule has 102 valence electrons. The summed E-state index contributed by atoms with van der Waals surface area (Å²) in [5.41, 5.74) is 2.29. The van der Waals surface area contributed by atoms with E-state index in [1.54, 1.807) is 0 Å². The molecular formula is C12H19N7. The lowest BCUT2D eigenvalue weighted by Gasteiger charge is -2.02. The molecular weight excluding hydrogens is 242 g/mol. The summed E-state index contributed by atoms with van der Waals surface area (Å²) in [6, 6.07) is 0. The number of allylic oxidation sites excluding steroid dienone is 1. The Labute approximate surface area is 112 Å². The lowest BCUT2D eigenvalue weighted by Crippen LogP contribution is -2.15. The first kappa shape index (κ1) is 13.4. The third kappa shape index (κ3) is 3.99. The first-order valence-electron chi connectivity index (χ1n) is 6.36. The lowest BCUT2D eigenvalue weighted by atomic mass is 10.2. The predicted molar refractivity (Wildman–Crippen MR) is 71.4 cm³/mol. The van der Waals surface area contributed by atoms with E-state index in [2.05, 4.69) is 43.8 Å². The van der Waals surface area contributed by atoms with E-state index >= 15 is 0 Å². The third-order valence-electron chi connectivity index (χ3n) is 2.82. The van der Waals surface area contributed by atoms with Crippen molar-refractivity contribution in [1.29, 1.82) is 0 Å². The van der Waals surface area contributed by atoms with E-state index in [-0.39, 0.29) is 0 Å². The smallest absolute Gasteiger partial charge is 0.174 e. The summed E-state index contributed by atoms with van der Waals surface area (Å²) in [5, 5.41) is 21.6. The summed E-state index contributed by atoms with van der Waals surface area (Å²) in [5.74, 6) is 0.761. The van der Waals surface area contributed by atoms with Crippen LogP contribution in [0.2, 0.25) is 0 Å². The van der Waals surface area contributed by atoms with Gasteiger partial charge >= 0.3 is 0 Å². The maximum atomic E-state index is 4.41. The Bertz CT molecular complexity index is 500. The highest BCUT2D eigenvalue weighted by Crippen LogP contribution is 2.05. The van der Waals surface area contributed by atoms with Crippen molar-refractivity contribution in [2.75, 3.05) is 6.54 Å². The molecule has 0 bridgehead atoms. The van der Waals surface area contributed by atoms with Gasteiger partial charge in [0, 0.05) is 24.7 Å². The average molecular weight is 261 g/mol. The number of rotatable bonds is 8. The third-order valence-corrected chi connectivity index (χ3v) is 2.82. The molecule has 0 aliphatic carbocycles. The molecule has 0 aliphatic rings. The van der Waals surface area contributed by atoms with Crippen LogP contribution in [-0.2, 0) is 19.5 Å². The second-order valence-corrected chi connectivity index (χ2v) is 4.36. The van der Waals surface area contributed by atoms with E-state index < -0.39 is 0 Å². The van der Waals surface area contributed by atoms with Crippen molar-refractivity contribution in [1.82, 2.24) is 35.7 Å². The van der Waals surface area contributed by atoms with Crippen LogP contribution >= 0.6 is 0 Å². The lowest BCUT2D eigenvalue weighted by molar-refractivity contribution is 0.637. The maximum Gasteiger partial charge on any atom is 0.174 e. The second kappa shape index (κ2) is 6.79. The molecule has 0 saturated heterocycles. The number of H-pyrrole nitrogens is 1. The zero-order valence-corrected chi connectivity index (χ0v) is 11.1. The highest BCUT2D eigenvalue weighted by molar-refractivity contribution is 5.15. The molecule has 0 saturated carbocycles. The fourth-order valence-corrected chi connectivity index (χ4v) is 1.84. The standard InChI is InChI=1S/C12H19N7/c1-3-7-19-9-11(10(2)16-19)8-13-6-4-5-12-14-17-18-15-12/h3,9,13H,1,4-8H2,2H3,(H,14,15,17,18). The van der Waals surface area contributed by atoms with Crippen molar-refractivity contribution in [2.45, 2.75) is 32.9 Å². The Morgan fingerprint density at radius 3 is 3.16 bits per heavy atom. The number of hydrogen-bond donors (Lipinski definition) is 2. The molecule has 7 nitrogen and oxygen atoms in total. The van der Waals surface area contributed by atoms with Crippen molar-refractivity contribution < 1.29 is 0 Å². The minimum Gasteiger partial charge on any atom is -0.313 e. The molecule has 0 amide bonds. The van der Waals surface area contributed by atoms with E-state index in [4.69, 9.17) is 0 Å². The molecule has 2 rings (SSSR count). The topological polar surface area (TPSA) is 84.3 Å². The molecule has 2 heterocycles. The van der Waals surface area contributed by atoms with Crippen LogP contribution in [0.15, 0.2) is 18.9 Å². The van der Waals surface area contributed by atoms with Gasteiger partial charge in [-0.05, 0) is 19.9 Å². The van der Waals surface area contributed by atoms with Crippen molar-refractivity contribution in [3.63, 3.8) is 0 Å². The largest absolute Gasteiger partial charge is 0.313 e. The SMILES string of the molecule is C=CCn1cc(CNCCCc2nn[nH]n2)c(C)n1. The summed E-state index contributed by atoms with van der Waals surface area (Å²) < 4.78 is 1.90. The quantitative estimate of drug-likeness (QED) is 0.537. The van der Waals surface area contributed by atoms with Crippen molar-refractivity contribution >= 4 is 0 Å². The van der Waals surface area contributed by atoms with Crippen LogP contribution in [0.3, 0.4) is 0 Å². The van der Waals surface area contributed by atoms with Crippen molar-refractivity contribution in [3.05, 3.63) is 35.9 Å². The van der Waals surface area contributed by atoms with E-state index in [9.17, 15) is 0 Å². The Balaban J connectivity index is 1.69. The van der Waals surface area contributed by atoms with Crippen molar-refractivity contribution in [3.8, 4) is 0 Å². The number of aryl methyl sites for hydroxylation is 2. The number of nitrogens with zero attached hydrogens (tertiary/aromatic N) is 5. The normalized spacial score (nSPS) is 10.8. The monoisotopic (exact) mass is 261 g/mol. The van der Waals surface area contributed by atoms with Crippen LogP contribution in [0, 0.1) is 6.92 Å². The Kier molecular flexibility index (Phi) is 4.79. The molecule has 19 heavy (non-hydrogen) atoms. The molecule has 0 fully saturated rings. The van der Waals surface area contributed by atoms with Crippen LogP contribution in [0.1, 0.15) is 23.5 Å². The highest BCUT2D eigenvalue weighted by Gasteiger charge is 2.03. The number of aromatic nitrogens is 6. The molecule has 0 atom stereocenters. The summed E-state index contributed by atoms with van der Waals surface area (Å²) in [4.78, 5) is 0. The number of aromatic amines is 1. The molecule has 0 radical (unpaired) electrons. The van der Waals surface area contributed by atoms with Gasteiger partial charge in [0.1, 0.15) is 0 Å². The summed E-state index contributed by atoms with van der Waals surface area (Å²) in [7, 11) is 0. The molecule has 0 spiro atoms. The van der Waals surface area contributed by atoms with Gasteiger partial charge in [-0.2, -0.15) is 10.3 Å². The van der Waals surface area contributed by atoms with Crippen LogP contribution in [0.4, 0.5) is 0 Å². The van der Waals surface area contributed by atoms with E-state index in [0.29, 0.717) is 0 Å². The van der Waals surface area contributed by atoms with E-state index in [1.807, 2.05) is 17.7 Å². The van der Waals surface area contributed by atoms with E-state index in [1.165, 1.54) is 5.56 Å². The number of nitrogens with one attached hydrogen (secondary N) is 2. The van der Waals surface area contributed by atoms with Crippen molar-refractivity contribution in [2.24, 2.45) is 0 Å². The van der Waals surface area contributed by atoms with Crippen LogP contribution < -0.4 is 5.32 Å². The Hall–Kier alpha value is -2.02. The highest BCUT2D eigenvalue weighted by atomic mass is 15.5. The maximum absolute atomic E-state index is 4.41. The molecule has 7 heteroatoms. The van der Waals surface area contributed by atoms with Gasteiger partial charge in [-0.25, -0.2) is 0 Å².